The van der Waals surface area contributed by atoms with E-state index in [4.69, 9.17) is 5.11 Å². The largest absolute Gasteiger partial charge is 0.480 e. The van der Waals surface area contributed by atoms with Crippen LogP contribution in [0.25, 0.3) is 0 Å². The molecule has 0 amide bonds. The number of likely N-dealkylation sites (N-methyl/N-ethyl adjacent to an activating group) is 2. The Balaban J connectivity index is 2.41. The van der Waals surface area contributed by atoms with Gasteiger partial charge in [-0.25, -0.2) is 0 Å². The van der Waals surface area contributed by atoms with Gasteiger partial charge in [0.15, 0.2) is 0 Å². The minimum absolute atomic E-state index is 0.477. The molecule has 1 aromatic rings. The molecule has 1 unspecified atom stereocenters. The van der Waals surface area contributed by atoms with Crippen molar-refractivity contribution in [3.05, 3.63) is 24.0 Å². The molecular formula is C10H17N3O2. The summed E-state index contributed by atoms with van der Waals surface area (Å²) in [5.41, 5.74) is 1.08. The van der Waals surface area contributed by atoms with E-state index < -0.39 is 12.0 Å². The van der Waals surface area contributed by atoms with Crippen molar-refractivity contribution in [2.24, 2.45) is 0 Å². The Hall–Kier alpha value is -1.33. The normalized spacial score (nSPS) is 13.0. The van der Waals surface area contributed by atoms with E-state index in [1.807, 2.05) is 30.3 Å². The molecule has 0 fully saturated rings. The van der Waals surface area contributed by atoms with Gasteiger partial charge in [0.05, 0.1) is 0 Å². The van der Waals surface area contributed by atoms with Gasteiger partial charge in [0.2, 0.25) is 0 Å². The van der Waals surface area contributed by atoms with Crippen molar-refractivity contribution in [2.45, 2.75) is 12.6 Å². The highest BCUT2D eigenvalue weighted by Crippen LogP contribution is 2.00. The predicted octanol–water partition coefficient (Wildman–Crippen LogP) is 0.119. The van der Waals surface area contributed by atoms with Crippen molar-refractivity contribution < 1.29 is 9.90 Å². The summed E-state index contributed by atoms with van der Waals surface area (Å²) >= 11 is 0. The van der Waals surface area contributed by atoms with E-state index in [-0.39, 0.29) is 0 Å². The summed E-state index contributed by atoms with van der Waals surface area (Å²) in [4.78, 5) is 15.8. The van der Waals surface area contributed by atoms with Crippen molar-refractivity contribution >= 4 is 5.97 Å². The lowest BCUT2D eigenvalue weighted by Gasteiger charge is -2.20. The van der Waals surface area contributed by atoms with E-state index in [9.17, 15) is 4.79 Å². The quantitative estimate of drug-likeness (QED) is 0.625. The predicted molar refractivity (Wildman–Crippen MR) is 57.6 cm³/mol. The number of nitrogens with one attached hydrogen (secondary N) is 2. The molecule has 1 atom stereocenters. The fourth-order valence-electron chi connectivity index (χ4n) is 1.43. The van der Waals surface area contributed by atoms with Gasteiger partial charge in [-0.15, -0.1) is 0 Å². The smallest absolute Gasteiger partial charge is 0.322 e. The molecule has 0 bridgehead atoms. The molecule has 15 heavy (non-hydrogen) atoms. The average Bonchev–Trinajstić information content (AvgIpc) is 2.66. The van der Waals surface area contributed by atoms with Crippen LogP contribution in [-0.2, 0) is 11.3 Å². The van der Waals surface area contributed by atoms with Crippen LogP contribution in [-0.4, -0.2) is 47.6 Å². The van der Waals surface area contributed by atoms with Gasteiger partial charge in [0, 0.05) is 25.0 Å². The summed E-state index contributed by atoms with van der Waals surface area (Å²) in [5, 5.41) is 11.6. The Morgan fingerprint density at radius 2 is 2.47 bits per heavy atom. The number of H-pyrrole nitrogens is 1. The molecule has 0 aromatic carbocycles. The monoisotopic (exact) mass is 211 g/mol. The van der Waals surface area contributed by atoms with E-state index in [1.54, 1.807) is 7.05 Å². The maximum absolute atomic E-state index is 10.8. The molecule has 0 radical (unpaired) electrons. The summed E-state index contributed by atoms with van der Waals surface area (Å²) < 4.78 is 0. The molecule has 1 aromatic heterocycles. The number of carboxylic acid groups (broad SMARTS) is 1. The number of carboxylic acids is 1. The van der Waals surface area contributed by atoms with Crippen LogP contribution in [0.4, 0.5) is 0 Å². The van der Waals surface area contributed by atoms with E-state index in [2.05, 4.69) is 10.3 Å². The Morgan fingerprint density at radius 3 is 2.93 bits per heavy atom. The maximum Gasteiger partial charge on any atom is 0.322 e. The summed E-state index contributed by atoms with van der Waals surface area (Å²) in [7, 11) is 3.55. The summed E-state index contributed by atoms with van der Waals surface area (Å²) in [6.07, 6.45) is 1.86. The van der Waals surface area contributed by atoms with Gasteiger partial charge in [-0.1, -0.05) is 0 Å². The van der Waals surface area contributed by atoms with Crippen LogP contribution in [0.3, 0.4) is 0 Å². The Labute approximate surface area is 89.1 Å². The van der Waals surface area contributed by atoms with Gasteiger partial charge in [0.25, 0.3) is 0 Å². The zero-order valence-electron chi connectivity index (χ0n) is 9.03. The van der Waals surface area contributed by atoms with Crippen molar-refractivity contribution in [2.75, 3.05) is 20.6 Å². The minimum Gasteiger partial charge on any atom is -0.480 e. The number of aromatic amines is 1. The average molecular weight is 211 g/mol. The Morgan fingerprint density at radius 1 is 1.73 bits per heavy atom. The van der Waals surface area contributed by atoms with Gasteiger partial charge in [0.1, 0.15) is 6.04 Å². The van der Waals surface area contributed by atoms with Crippen molar-refractivity contribution in [1.82, 2.24) is 15.2 Å². The summed E-state index contributed by atoms with van der Waals surface area (Å²) in [5.74, 6) is -0.823. The van der Waals surface area contributed by atoms with Crippen molar-refractivity contribution in [3.8, 4) is 0 Å². The van der Waals surface area contributed by atoms with Gasteiger partial charge in [-0.2, -0.15) is 0 Å². The highest BCUT2D eigenvalue weighted by atomic mass is 16.4. The number of aliphatic carboxylic acids is 1. The van der Waals surface area contributed by atoms with E-state index >= 15 is 0 Å². The van der Waals surface area contributed by atoms with Crippen LogP contribution in [0.5, 0.6) is 0 Å². The summed E-state index contributed by atoms with van der Waals surface area (Å²) in [6.45, 7) is 1.20. The molecule has 0 aliphatic carbocycles. The minimum atomic E-state index is -0.823. The molecule has 5 nitrogen and oxygen atoms in total. The Kier molecular flexibility index (Phi) is 4.33. The number of carbonyl (C=O) groups is 1. The van der Waals surface area contributed by atoms with Crippen LogP contribution in [0.15, 0.2) is 18.3 Å². The first-order chi connectivity index (χ1) is 7.13. The first-order valence-electron chi connectivity index (χ1n) is 4.84. The SMILES string of the molecule is CNC(CN(C)Cc1ccc[nH]1)C(=O)O. The lowest BCUT2D eigenvalue weighted by Crippen LogP contribution is -2.43. The number of rotatable bonds is 6. The van der Waals surface area contributed by atoms with Gasteiger partial charge >= 0.3 is 5.97 Å². The zero-order valence-corrected chi connectivity index (χ0v) is 9.03. The first kappa shape index (κ1) is 11.7. The van der Waals surface area contributed by atoms with Crippen LogP contribution in [0.2, 0.25) is 0 Å². The number of nitrogens with zero attached hydrogens (tertiary/aromatic N) is 1. The topological polar surface area (TPSA) is 68.4 Å². The fourth-order valence-corrected chi connectivity index (χ4v) is 1.43. The first-order valence-corrected chi connectivity index (χ1v) is 4.84. The molecule has 1 rings (SSSR count). The number of hydrogen-bond donors (Lipinski definition) is 3. The third-order valence-corrected chi connectivity index (χ3v) is 2.24. The summed E-state index contributed by atoms with van der Waals surface area (Å²) in [6, 6.07) is 3.38. The lowest BCUT2D eigenvalue weighted by molar-refractivity contribution is -0.139. The van der Waals surface area contributed by atoms with E-state index in [1.165, 1.54) is 0 Å². The molecule has 1 heterocycles. The lowest BCUT2D eigenvalue weighted by atomic mass is 10.2. The van der Waals surface area contributed by atoms with Crippen LogP contribution >= 0.6 is 0 Å². The zero-order chi connectivity index (χ0) is 11.3. The molecular weight excluding hydrogens is 194 g/mol. The van der Waals surface area contributed by atoms with Gasteiger partial charge in [-0.05, 0) is 26.2 Å². The molecule has 3 N–H and O–H groups in total. The van der Waals surface area contributed by atoms with Gasteiger partial charge in [-0.3, -0.25) is 9.69 Å². The van der Waals surface area contributed by atoms with Crippen molar-refractivity contribution in [3.63, 3.8) is 0 Å². The molecule has 5 heteroatoms. The third kappa shape index (κ3) is 3.73. The number of hydrogen-bond acceptors (Lipinski definition) is 3. The van der Waals surface area contributed by atoms with E-state index in [0.29, 0.717) is 6.54 Å². The third-order valence-electron chi connectivity index (χ3n) is 2.24. The maximum atomic E-state index is 10.8. The van der Waals surface area contributed by atoms with Crippen LogP contribution in [0.1, 0.15) is 5.69 Å². The molecule has 84 valence electrons. The Bertz CT molecular complexity index is 298. The highest BCUT2D eigenvalue weighted by Gasteiger charge is 2.16. The van der Waals surface area contributed by atoms with Crippen LogP contribution < -0.4 is 5.32 Å². The molecule has 0 spiro atoms. The second kappa shape index (κ2) is 5.53. The molecule has 0 saturated carbocycles. The molecule has 0 aliphatic heterocycles. The second-order valence-corrected chi connectivity index (χ2v) is 3.57. The fraction of sp³-hybridized carbons (Fsp3) is 0.500. The van der Waals surface area contributed by atoms with E-state index in [0.717, 1.165) is 12.2 Å². The molecule has 0 aliphatic rings. The van der Waals surface area contributed by atoms with Gasteiger partial charge < -0.3 is 15.4 Å². The second-order valence-electron chi connectivity index (χ2n) is 3.57. The van der Waals surface area contributed by atoms with Crippen LogP contribution in [0, 0.1) is 0 Å². The standard InChI is InChI=1S/C10H17N3O2/c1-11-9(10(14)15)7-13(2)6-8-4-3-5-12-8/h3-5,9,11-12H,6-7H2,1-2H3,(H,14,15). The molecule has 0 saturated heterocycles. The highest BCUT2D eigenvalue weighted by molar-refractivity contribution is 5.73. The van der Waals surface area contributed by atoms with Crippen molar-refractivity contribution in [1.29, 1.82) is 0 Å². The number of aromatic nitrogens is 1.